The Morgan fingerprint density at radius 3 is 2.54 bits per heavy atom. The van der Waals surface area contributed by atoms with Crippen LogP contribution in [0.5, 0.6) is 0 Å². The number of aromatic nitrogens is 4. The Morgan fingerprint density at radius 2 is 1.86 bits per heavy atom. The van der Waals surface area contributed by atoms with E-state index in [0.29, 0.717) is 23.5 Å². The minimum atomic E-state index is -1.20. The van der Waals surface area contributed by atoms with Crippen LogP contribution in [-0.4, -0.2) is 59.8 Å². The number of ether oxygens (including phenoxy) is 1. The molecule has 0 bridgehead atoms. The lowest BCUT2D eigenvalue weighted by molar-refractivity contribution is -0.0511. The van der Waals surface area contributed by atoms with Crippen molar-refractivity contribution in [3.63, 3.8) is 0 Å². The topological polar surface area (TPSA) is 126 Å². The van der Waals surface area contributed by atoms with Crippen LogP contribution in [0, 0.1) is 13.8 Å². The van der Waals surface area contributed by atoms with Crippen LogP contribution < -0.4 is 5.32 Å². The van der Waals surface area contributed by atoms with E-state index in [2.05, 4.69) is 46.2 Å². The number of aliphatic hydroxyl groups is 3. The van der Waals surface area contributed by atoms with Gasteiger partial charge in [0.05, 0.1) is 12.9 Å². The zero-order chi connectivity index (χ0) is 19.8. The summed E-state index contributed by atoms with van der Waals surface area (Å²) in [4.78, 5) is 12.9. The maximum atomic E-state index is 10.3. The third-order valence-electron chi connectivity index (χ3n) is 5.23. The van der Waals surface area contributed by atoms with Gasteiger partial charge < -0.3 is 25.4 Å². The number of benzene rings is 1. The van der Waals surface area contributed by atoms with Crippen LogP contribution in [0.15, 0.2) is 30.9 Å². The average Bonchev–Trinajstić information content (AvgIpc) is 3.23. The molecule has 3 heterocycles. The molecule has 0 amide bonds. The summed E-state index contributed by atoms with van der Waals surface area (Å²) in [7, 11) is 0. The van der Waals surface area contributed by atoms with E-state index in [9.17, 15) is 15.3 Å². The number of nitrogens with one attached hydrogen (secondary N) is 1. The molecule has 0 spiro atoms. The van der Waals surface area contributed by atoms with Gasteiger partial charge in [-0.15, -0.1) is 0 Å². The Labute approximate surface area is 161 Å². The zero-order valence-electron chi connectivity index (χ0n) is 15.6. The average molecular weight is 385 g/mol. The zero-order valence-corrected chi connectivity index (χ0v) is 15.6. The molecule has 0 radical (unpaired) electrons. The Kier molecular flexibility index (Phi) is 4.98. The highest BCUT2D eigenvalue weighted by atomic mass is 16.6. The van der Waals surface area contributed by atoms with Gasteiger partial charge in [0.15, 0.2) is 23.2 Å². The first-order chi connectivity index (χ1) is 13.5. The van der Waals surface area contributed by atoms with Crippen molar-refractivity contribution in [3.8, 4) is 0 Å². The third kappa shape index (κ3) is 3.12. The van der Waals surface area contributed by atoms with Crippen LogP contribution in [0.1, 0.15) is 22.9 Å². The summed E-state index contributed by atoms with van der Waals surface area (Å²) in [5.74, 6) is 0.568. The fourth-order valence-corrected chi connectivity index (χ4v) is 3.58. The molecule has 0 saturated carbocycles. The maximum absolute atomic E-state index is 10.3. The molecule has 0 aliphatic carbocycles. The van der Waals surface area contributed by atoms with Crippen molar-refractivity contribution in [1.82, 2.24) is 19.5 Å². The van der Waals surface area contributed by atoms with E-state index < -0.39 is 24.5 Å². The lowest BCUT2D eigenvalue weighted by Crippen LogP contribution is -2.33. The van der Waals surface area contributed by atoms with Gasteiger partial charge in [0.25, 0.3) is 0 Å². The second-order valence-corrected chi connectivity index (χ2v) is 7.00. The van der Waals surface area contributed by atoms with E-state index in [1.54, 1.807) is 4.57 Å². The summed E-state index contributed by atoms with van der Waals surface area (Å²) in [5.41, 5.74) is 4.57. The highest BCUT2D eigenvalue weighted by molar-refractivity contribution is 5.82. The Morgan fingerprint density at radius 1 is 1.11 bits per heavy atom. The van der Waals surface area contributed by atoms with Gasteiger partial charge in [-0.3, -0.25) is 4.57 Å². The molecule has 28 heavy (non-hydrogen) atoms. The van der Waals surface area contributed by atoms with E-state index in [1.165, 1.54) is 29.3 Å². The van der Waals surface area contributed by atoms with Crippen LogP contribution in [0.4, 0.5) is 5.82 Å². The molecule has 1 aliphatic heterocycles. The summed E-state index contributed by atoms with van der Waals surface area (Å²) in [6.45, 7) is 4.33. The SMILES string of the molecule is Cc1cccc(C)c1CNc1ncnc2c1ncn2C1O[C@H](CO)[C@@H](O)[C@H]1O. The van der Waals surface area contributed by atoms with E-state index >= 15 is 0 Å². The number of anilines is 1. The van der Waals surface area contributed by atoms with Gasteiger partial charge in [-0.2, -0.15) is 0 Å². The molecular formula is C19H23N5O4. The second kappa shape index (κ2) is 7.44. The van der Waals surface area contributed by atoms with Crippen LogP contribution >= 0.6 is 0 Å². The lowest BCUT2D eigenvalue weighted by atomic mass is 10.0. The van der Waals surface area contributed by atoms with Crippen molar-refractivity contribution in [2.75, 3.05) is 11.9 Å². The highest BCUT2D eigenvalue weighted by Gasteiger charge is 2.44. The van der Waals surface area contributed by atoms with Gasteiger partial charge in [-0.25, -0.2) is 15.0 Å². The number of nitrogens with zero attached hydrogens (tertiary/aromatic N) is 4. The molecule has 1 unspecified atom stereocenters. The number of aryl methyl sites for hydroxylation is 2. The number of hydrogen-bond donors (Lipinski definition) is 4. The number of aliphatic hydroxyl groups excluding tert-OH is 3. The summed E-state index contributed by atoms with van der Waals surface area (Å²) >= 11 is 0. The molecule has 1 aliphatic rings. The van der Waals surface area contributed by atoms with E-state index in [0.717, 1.165) is 0 Å². The molecular weight excluding hydrogens is 362 g/mol. The lowest BCUT2D eigenvalue weighted by Gasteiger charge is -2.16. The summed E-state index contributed by atoms with van der Waals surface area (Å²) < 4.78 is 7.13. The number of rotatable bonds is 5. The first-order valence-corrected chi connectivity index (χ1v) is 9.10. The van der Waals surface area contributed by atoms with Crippen molar-refractivity contribution in [2.24, 2.45) is 0 Å². The first-order valence-electron chi connectivity index (χ1n) is 9.10. The molecule has 148 valence electrons. The molecule has 2 aromatic heterocycles. The molecule has 1 aromatic carbocycles. The van der Waals surface area contributed by atoms with Gasteiger partial charge in [-0.1, -0.05) is 18.2 Å². The van der Waals surface area contributed by atoms with Crippen molar-refractivity contribution < 1.29 is 20.1 Å². The largest absolute Gasteiger partial charge is 0.394 e. The van der Waals surface area contributed by atoms with Gasteiger partial charge in [-0.05, 0) is 30.5 Å². The van der Waals surface area contributed by atoms with Gasteiger partial charge in [0.2, 0.25) is 0 Å². The Balaban J connectivity index is 1.62. The van der Waals surface area contributed by atoms with Crippen LogP contribution in [0.25, 0.3) is 11.2 Å². The molecule has 1 saturated heterocycles. The highest BCUT2D eigenvalue weighted by Crippen LogP contribution is 2.32. The van der Waals surface area contributed by atoms with E-state index in [-0.39, 0.29) is 6.61 Å². The number of imidazole rings is 1. The standard InChI is InChI=1S/C19H23N5O4/c1-10-4-3-5-11(2)12(10)6-20-17-14-18(22-8-21-17)24(9-23-14)19-16(27)15(26)13(7-25)28-19/h3-5,8-9,13,15-16,19,25-27H,6-7H2,1-2H3,(H,20,21,22)/t13-,15-,16-,19?/m1/s1. The van der Waals surface area contributed by atoms with Crippen LogP contribution in [0.3, 0.4) is 0 Å². The van der Waals surface area contributed by atoms with Crippen molar-refractivity contribution in [3.05, 3.63) is 47.5 Å². The molecule has 4 atom stereocenters. The number of fused-ring (bicyclic) bond motifs is 1. The van der Waals surface area contributed by atoms with Gasteiger partial charge >= 0.3 is 0 Å². The van der Waals surface area contributed by atoms with Gasteiger partial charge in [0, 0.05) is 6.54 Å². The molecule has 9 nitrogen and oxygen atoms in total. The molecule has 4 N–H and O–H groups in total. The third-order valence-corrected chi connectivity index (χ3v) is 5.23. The predicted molar refractivity (Wildman–Crippen MR) is 102 cm³/mol. The van der Waals surface area contributed by atoms with Crippen molar-refractivity contribution >= 4 is 17.0 Å². The second-order valence-electron chi connectivity index (χ2n) is 7.00. The smallest absolute Gasteiger partial charge is 0.167 e. The normalized spacial score (nSPS) is 24.8. The molecule has 3 aromatic rings. The van der Waals surface area contributed by atoms with Crippen LogP contribution in [-0.2, 0) is 11.3 Å². The van der Waals surface area contributed by atoms with E-state index in [1.807, 2.05) is 6.07 Å². The summed E-state index contributed by atoms with van der Waals surface area (Å²) in [6, 6.07) is 6.16. The fraction of sp³-hybridized carbons (Fsp3) is 0.421. The molecule has 9 heteroatoms. The monoisotopic (exact) mass is 385 g/mol. The van der Waals surface area contributed by atoms with Crippen molar-refractivity contribution in [2.45, 2.75) is 44.9 Å². The summed E-state index contributed by atoms with van der Waals surface area (Å²) in [6.07, 6.45) is -1.23. The van der Waals surface area contributed by atoms with Crippen LogP contribution in [0.2, 0.25) is 0 Å². The fourth-order valence-electron chi connectivity index (χ4n) is 3.58. The molecule has 1 fully saturated rings. The van der Waals surface area contributed by atoms with Gasteiger partial charge in [0.1, 0.15) is 24.6 Å². The Bertz CT molecular complexity index is 971. The minimum Gasteiger partial charge on any atom is -0.394 e. The quantitative estimate of drug-likeness (QED) is 0.505. The minimum absolute atomic E-state index is 0.390. The summed E-state index contributed by atoms with van der Waals surface area (Å²) in [5, 5.41) is 32.9. The van der Waals surface area contributed by atoms with E-state index in [4.69, 9.17) is 4.74 Å². The molecule has 4 rings (SSSR count). The Hall–Kier alpha value is -2.59. The first kappa shape index (κ1) is 18.8. The predicted octanol–water partition coefficient (Wildman–Crippen LogP) is 0.667. The van der Waals surface area contributed by atoms with Crippen molar-refractivity contribution in [1.29, 1.82) is 0 Å². The maximum Gasteiger partial charge on any atom is 0.167 e. The number of hydrogen-bond acceptors (Lipinski definition) is 8.